The summed E-state index contributed by atoms with van der Waals surface area (Å²) in [6.07, 6.45) is 2.61. The molecule has 0 saturated heterocycles. The Morgan fingerprint density at radius 2 is 2.00 bits per heavy atom. The third-order valence-corrected chi connectivity index (χ3v) is 2.66. The first kappa shape index (κ1) is 12.8. The number of phenols is 2. The van der Waals surface area contributed by atoms with E-state index < -0.39 is 0 Å². The van der Waals surface area contributed by atoms with Crippen LogP contribution in [-0.4, -0.2) is 21.9 Å². The Bertz CT molecular complexity index is 388. The number of hydrogen-bond donors (Lipinski definition) is 2. The molecule has 3 nitrogen and oxygen atoms in total. The predicted octanol–water partition coefficient (Wildman–Crippen LogP) is 2.86. The van der Waals surface area contributed by atoms with Gasteiger partial charge in [0.05, 0.1) is 11.4 Å². The van der Waals surface area contributed by atoms with E-state index >= 15 is 0 Å². The third kappa shape index (κ3) is 2.89. The summed E-state index contributed by atoms with van der Waals surface area (Å²) in [5, 5.41) is 19.1. The summed E-state index contributed by atoms with van der Waals surface area (Å²) >= 11 is 5.43. The number of aryl methyl sites for hydroxylation is 1. The first-order valence-electron chi connectivity index (χ1n) is 5.24. The van der Waals surface area contributed by atoms with E-state index in [0.29, 0.717) is 12.0 Å². The summed E-state index contributed by atoms with van der Waals surface area (Å²) in [6.45, 7) is 2.04. The van der Waals surface area contributed by atoms with Crippen LogP contribution in [0, 0.1) is 0 Å². The summed E-state index contributed by atoms with van der Waals surface area (Å²) in [5.41, 5.74) is 0.854. The number of Topliss-reactive ketones (excluding diaryl/α,β-unsaturated/α-hetero) is 1. The molecule has 2 N–H and O–H groups in total. The van der Waals surface area contributed by atoms with Gasteiger partial charge in [0.15, 0.2) is 5.78 Å². The number of phenolic OH excluding ortho intramolecular Hbond substituents is 2. The summed E-state index contributed by atoms with van der Waals surface area (Å²) in [6, 6.07) is 2.72. The molecule has 0 spiro atoms. The smallest absolute Gasteiger partial charge is 0.181 e. The Balaban J connectivity index is 3.06. The van der Waals surface area contributed by atoms with Crippen LogP contribution in [0.5, 0.6) is 11.5 Å². The standard InChI is InChI=1S/C12H15ClO3/c1-2-3-4-8-5-9(12(16)7-13)11(15)6-10(8)14/h5-6,14-15H,2-4,7H2,1H3. The zero-order chi connectivity index (χ0) is 12.1. The first-order valence-corrected chi connectivity index (χ1v) is 5.77. The van der Waals surface area contributed by atoms with Gasteiger partial charge in [0.2, 0.25) is 0 Å². The van der Waals surface area contributed by atoms with Crippen molar-refractivity contribution in [2.24, 2.45) is 0 Å². The highest BCUT2D eigenvalue weighted by Gasteiger charge is 2.13. The van der Waals surface area contributed by atoms with Gasteiger partial charge in [-0.3, -0.25) is 4.79 Å². The van der Waals surface area contributed by atoms with Crippen molar-refractivity contribution in [2.45, 2.75) is 26.2 Å². The maximum Gasteiger partial charge on any atom is 0.181 e. The lowest BCUT2D eigenvalue weighted by molar-refractivity contribution is 0.101. The lowest BCUT2D eigenvalue weighted by Crippen LogP contribution is -2.02. The van der Waals surface area contributed by atoms with E-state index in [1.165, 1.54) is 12.1 Å². The van der Waals surface area contributed by atoms with Gasteiger partial charge in [0.25, 0.3) is 0 Å². The third-order valence-electron chi connectivity index (χ3n) is 2.42. The monoisotopic (exact) mass is 242 g/mol. The van der Waals surface area contributed by atoms with Gasteiger partial charge in [0.1, 0.15) is 11.5 Å². The number of carbonyl (C=O) groups is 1. The van der Waals surface area contributed by atoms with Gasteiger partial charge < -0.3 is 10.2 Å². The van der Waals surface area contributed by atoms with Crippen molar-refractivity contribution >= 4 is 17.4 Å². The molecule has 0 radical (unpaired) electrons. The molecule has 16 heavy (non-hydrogen) atoms. The lowest BCUT2D eigenvalue weighted by atomic mass is 10.0. The van der Waals surface area contributed by atoms with Gasteiger partial charge in [-0.05, 0) is 24.5 Å². The Labute approximate surface area is 99.7 Å². The van der Waals surface area contributed by atoms with Gasteiger partial charge >= 0.3 is 0 Å². The van der Waals surface area contributed by atoms with Crippen LogP contribution < -0.4 is 0 Å². The van der Waals surface area contributed by atoms with Gasteiger partial charge in [-0.15, -0.1) is 11.6 Å². The molecule has 0 aromatic heterocycles. The fourth-order valence-electron chi connectivity index (χ4n) is 1.48. The molecule has 1 rings (SSSR count). The number of alkyl halides is 1. The molecule has 0 heterocycles. The minimum Gasteiger partial charge on any atom is -0.508 e. The van der Waals surface area contributed by atoms with Crippen LogP contribution in [0.25, 0.3) is 0 Å². The highest BCUT2D eigenvalue weighted by atomic mass is 35.5. The number of aromatic hydroxyl groups is 2. The van der Waals surface area contributed by atoms with Crippen molar-refractivity contribution in [2.75, 3.05) is 5.88 Å². The van der Waals surface area contributed by atoms with Crippen molar-refractivity contribution < 1.29 is 15.0 Å². The molecule has 0 bridgehead atoms. The number of benzene rings is 1. The maximum atomic E-state index is 11.4. The van der Waals surface area contributed by atoms with E-state index in [4.69, 9.17) is 11.6 Å². The molecule has 0 amide bonds. The zero-order valence-corrected chi connectivity index (χ0v) is 9.92. The van der Waals surface area contributed by atoms with E-state index in [9.17, 15) is 15.0 Å². The Kier molecular flexibility index (Phi) is 4.62. The van der Waals surface area contributed by atoms with Crippen molar-refractivity contribution in [1.82, 2.24) is 0 Å². The molecule has 0 aliphatic rings. The number of ketones is 1. The number of carbonyl (C=O) groups excluding carboxylic acids is 1. The van der Waals surface area contributed by atoms with Gasteiger partial charge in [0, 0.05) is 6.07 Å². The second-order valence-corrected chi connectivity index (χ2v) is 3.93. The number of halogens is 1. The van der Waals surface area contributed by atoms with Crippen LogP contribution in [0.1, 0.15) is 35.7 Å². The first-order chi connectivity index (χ1) is 7.60. The molecule has 0 aliphatic heterocycles. The van der Waals surface area contributed by atoms with Crippen LogP contribution in [0.3, 0.4) is 0 Å². The number of rotatable bonds is 5. The second-order valence-electron chi connectivity index (χ2n) is 3.66. The second kappa shape index (κ2) is 5.75. The normalized spacial score (nSPS) is 10.4. The number of hydrogen-bond acceptors (Lipinski definition) is 3. The molecule has 88 valence electrons. The Morgan fingerprint density at radius 1 is 1.31 bits per heavy atom. The molecule has 4 heteroatoms. The molecular formula is C12H15ClO3. The summed E-state index contributed by atoms with van der Waals surface area (Å²) < 4.78 is 0. The fraction of sp³-hybridized carbons (Fsp3) is 0.417. The van der Waals surface area contributed by atoms with Crippen molar-refractivity contribution in [3.63, 3.8) is 0 Å². The van der Waals surface area contributed by atoms with Gasteiger partial charge in [-0.25, -0.2) is 0 Å². The fourth-order valence-corrected chi connectivity index (χ4v) is 1.63. The Hall–Kier alpha value is -1.22. The van der Waals surface area contributed by atoms with Crippen LogP contribution in [0.15, 0.2) is 12.1 Å². The molecule has 1 aromatic rings. The quantitative estimate of drug-likeness (QED) is 0.617. The molecule has 0 fully saturated rings. The molecule has 0 saturated carbocycles. The SMILES string of the molecule is CCCCc1cc(C(=O)CCl)c(O)cc1O. The van der Waals surface area contributed by atoms with Crippen LogP contribution >= 0.6 is 11.6 Å². The van der Waals surface area contributed by atoms with E-state index in [1.807, 2.05) is 6.92 Å². The van der Waals surface area contributed by atoms with E-state index in [-0.39, 0.29) is 28.7 Å². The summed E-state index contributed by atoms with van der Waals surface area (Å²) in [7, 11) is 0. The van der Waals surface area contributed by atoms with E-state index in [1.54, 1.807) is 0 Å². The average Bonchev–Trinajstić information content (AvgIpc) is 2.27. The zero-order valence-electron chi connectivity index (χ0n) is 9.16. The average molecular weight is 243 g/mol. The highest BCUT2D eigenvalue weighted by Crippen LogP contribution is 2.29. The minimum absolute atomic E-state index is 0.0251. The minimum atomic E-state index is -0.336. The lowest BCUT2D eigenvalue weighted by Gasteiger charge is -2.08. The number of unbranched alkanes of at least 4 members (excludes halogenated alkanes) is 1. The van der Waals surface area contributed by atoms with Crippen LogP contribution in [-0.2, 0) is 6.42 Å². The predicted molar refractivity (Wildman–Crippen MR) is 63.4 cm³/mol. The molecule has 0 aliphatic carbocycles. The van der Waals surface area contributed by atoms with Crippen molar-refractivity contribution in [1.29, 1.82) is 0 Å². The van der Waals surface area contributed by atoms with Gasteiger partial charge in [-0.1, -0.05) is 13.3 Å². The molecular weight excluding hydrogens is 228 g/mol. The van der Waals surface area contributed by atoms with E-state index in [0.717, 1.165) is 12.8 Å². The Morgan fingerprint density at radius 3 is 2.56 bits per heavy atom. The van der Waals surface area contributed by atoms with Crippen LogP contribution in [0.4, 0.5) is 0 Å². The van der Waals surface area contributed by atoms with E-state index in [2.05, 4.69) is 0 Å². The van der Waals surface area contributed by atoms with Crippen LogP contribution in [0.2, 0.25) is 0 Å². The topological polar surface area (TPSA) is 57.5 Å². The van der Waals surface area contributed by atoms with Crippen molar-refractivity contribution in [3.8, 4) is 11.5 Å². The highest BCUT2D eigenvalue weighted by molar-refractivity contribution is 6.30. The molecule has 1 aromatic carbocycles. The summed E-state index contributed by atoms with van der Waals surface area (Å²) in [4.78, 5) is 11.4. The largest absolute Gasteiger partial charge is 0.508 e. The molecule has 0 atom stereocenters. The van der Waals surface area contributed by atoms with Gasteiger partial charge in [-0.2, -0.15) is 0 Å². The maximum absolute atomic E-state index is 11.4. The summed E-state index contributed by atoms with van der Waals surface area (Å²) in [5.74, 6) is -0.705. The molecule has 0 unspecified atom stereocenters. The van der Waals surface area contributed by atoms with Crippen molar-refractivity contribution in [3.05, 3.63) is 23.3 Å².